The Kier molecular flexibility index (Phi) is 6.05. The van der Waals surface area contributed by atoms with E-state index in [4.69, 9.17) is 4.74 Å². The first kappa shape index (κ1) is 16.2. The van der Waals surface area contributed by atoms with Crippen LogP contribution < -0.4 is 0 Å². The van der Waals surface area contributed by atoms with Crippen molar-refractivity contribution in [3.05, 3.63) is 12.2 Å². The molecule has 0 amide bonds. The number of carbonyl (C=O) groups is 1. The summed E-state index contributed by atoms with van der Waals surface area (Å²) in [5.74, 6) is -0.111. The predicted octanol–water partition coefficient (Wildman–Crippen LogP) is 3.54. The summed E-state index contributed by atoms with van der Waals surface area (Å²) in [4.78, 5) is 14.1. The van der Waals surface area contributed by atoms with Crippen LogP contribution in [0.1, 0.15) is 60.3 Å². The molecule has 0 aromatic carbocycles. The van der Waals surface area contributed by atoms with E-state index < -0.39 is 0 Å². The lowest BCUT2D eigenvalue weighted by molar-refractivity contribution is -0.154. The zero-order valence-electron chi connectivity index (χ0n) is 13.1. The van der Waals surface area contributed by atoms with E-state index >= 15 is 0 Å². The van der Waals surface area contributed by atoms with Crippen LogP contribution in [0.4, 0.5) is 0 Å². The molecule has 0 aromatic rings. The highest BCUT2D eigenvalue weighted by Gasteiger charge is 2.45. The summed E-state index contributed by atoms with van der Waals surface area (Å²) in [6.07, 6.45) is 9.23. The first-order chi connectivity index (χ1) is 8.89. The molecule has 0 saturated carbocycles. The average molecular weight is 267 g/mol. The number of unbranched alkanes of at least 4 members (excludes halogenated alkanes) is 2. The largest absolute Gasteiger partial charge is 0.459 e. The summed E-state index contributed by atoms with van der Waals surface area (Å²) in [6.45, 7) is 10.4. The Morgan fingerprint density at radius 2 is 2.00 bits per heavy atom. The molecule has 1 saturated heterocycles. The van der Waals surface area contributed by atoms with Crippen LogP contribution >= 0.6 is 0 Å². The van der Waals surface area contributed by atoms with Crippen LogP contribution in [0, 0.1) is 0 Å². The molecule has 0 aromatic heterocycles. The Balaban J connectivity index is 2.40. The Morgan fingerprint density at radius 3 is 2.53 bits per heavy atom. The van der Waals surface area contributed by atoms with Gasteiger partial charge < -0.3 is 4.74 Å². The summed E-state index contributed by atoms with van der Waals surface area (Å²) in [7, 11) is 0. The van der Waals surface area contributed by atoms with E-state index in [2.05, 4.69) is 24.0 Å². The maximum absolute atomic E-state index is 11.8. The van der Waals surface area contributed by atoms with Crippen LogP contribution in [-0.4, -0.2) is 35.1 Å². The summed E-state index contributed by atoms with van der Waals surface area (Å²) in [5.41, 5.74) is -0.388. The van der Waals surface area contributed by atoms with E-state index in [1.165, 1.54) is 25.7 Å². The normalized spacial score (nSPS) is 26.7. The SMILES string of the molecule is C/C=C\[C@@H]1[C@@H](CCCCC)N1CC(=O)OC(C)(C)C. The molecular weight excluding hydrogens is 238 g/mol. The van der Waals surface area contributed by atoms with Gasteiger partial charge in [0.1, 0.15) is 5.60 Å². The molecule has 0 bridgehead atoms. The molecule has 1 rings (SSSR count). The van der Waals surface area contributed by atoms with Gasteiger partial charge in [0.2, 0.25) is 0 Å². The van der Waals surface area contributed by atoms with Crippen molar-refractivity contribution in [3.63, 3.8) is 0 Å². The maximum Gasteiger partial charge on any atom is 0.320 e. The fourth-order valence-corrected chi connectivity index (χ4v) is 2.48. The number of allylic oxidation sites excluding steroid dienone is 1. The second-order valence-electron chi connectivity index (χ2n) is 6.34. The highest BCUT2D eigenvalue weighted by atomic mass is 16.6. The van der Waals surface area contributed by atoms with Gasteiger partial charge in [0.05, 0.1) is 6.54 Å². The lowest BCUT2D eigenvalue weighted by atomic mass is 10.1. The van der Waals surface area contributed by atoms with Gasteiger partial charge >= 0.3 is 5.97 Å². The third kappa shape index (κ3) is 5.77. The third-order valence-corrected chi connectivity index (χ3v) is 3.34. The van der Waals surface area contributed by atoms with Crippen molar-refractivity contribution in [1.29, 1.82) is 0 Å². The highest BCUT2D eigenvalue weighted by molar-refractivity contribution is 5.72. The quantitative estimate of drug-likeness (QED) is 0.306. The summed E-state index contributed by atoms with van der Waals surface area (Å²) >= 11 is 0. The summed E-state index contributed by atoms with van der Waals surface area (Å²) < 4.78 is 5.38. The molecule has 1 aliphatic rings. The molecule has 1 unspecified atom stereocenters. The highest BCUT2D eigenvalue weighted by Crippen LogP contribution is 2.33. The molecule has 1 aliphatic heterocycles. The smallest absolute Gasteiger partial charge is 0.320 e. The topological polar surface area (TPSA) is 29.3 Å². The first-order valence-corrected chi connectivity index (χ1v) is 7.49. The average Bonchev–Trinajstić information content (AvgIpc) is 2.89. The molecule has 0 N–H and O–H groups in total. The summed E-state index contributed by atoms with van der Waals surface area (Å²) in [6, 6.07) is 0.977. The number of ether oxygens (including phenoxy) is 1. The van der Waals surface area contributed by atoms with Crippen LogP contribution in [0.15, 0.2) is 12.2 Å². The number of nitrogens with zero attached hydrogens (tertiary/aromatic N) is 1. The van der Waals surface area contributed by atoms with Crippen LogP contribution in [0.2, 0.25) is 0 Å². The van der Waals surface area contributed by atoms with E-state index in [-0.39, 0.29) is 11.6 Å². The van der Waals surface area contributed by atoms with E-state index in [1.807, 2.05) is 27.7 Å². The Morgan fingerprint density at radius 1 is 1.32 bits per heavy atom. The van der Waals surface area contributed by atoms with Crippen LogP contribution in [-0.2, 0) is 9.53 Å². The minimum atomic E-state index is -0.388. The van der Waals surface area contributed by atoms with Gasteiger partial charge in [0.15, 0.2) is 0 Å². The first-order valence-electron chi connectivity index (χ1n) is 7.49. The third-order valence-electron chi connectivity index (χ3n) is 3.34. The lowest BCUT2D eigenvalue weighted by Crippen LogP contribution is -2.28. The monoisotopic (exact) mass is 267 g/mol. The number of hydrogen-bond donors (Lipinski definition) is 0. The van der Waals surface area contributed by atoms with E-state index in [9.17, 15) is 4.79 Å². The molecular formula is C16H29NO2. The maximum atomic E-state index is 11.8. The number of hydrogen-bond acceptors (Lipinski definition) is 3. The molecule has 3 atom stereocenters. The predicted molar refractivity (Wildman–Crippen MR) is 79.1 cm³/mol. The minimum Gasteiger partial charge on any atom is -0.459 e. The molecule has 0 radical (unpaired) electrons. The van der Waals surface area contributed by atoms with Crippen molar-refractivity contribution in [1.82, 2.24) is 4.90 Å². The Hall–Kier alpha value is -0.830. The summed E-state index contributed by atoms with van der Waals surface area (Å²) in [5, 5.41) is 0. The van der Waals surface area contributed by atoms with Gasteiger partial charge in [-0.05, 0) is 34.1 Å². The van der Waals surface area contributed by atoms with Crippen molar-refractivity contribution in [2.45, 2.75) is 78.0 Å². The zero-order chi connectivity index (χ0) is 14.5. The van der Waals surface area contributed by atoms with E-state index in [1.54, 1.807) is 0 Å². The second kappa shape index (κ2) is 7.09. The molecule has 110 valence electrons. The molecule has 1 fully saturated rings. The van der Waals surface area contributed by atoms with E-state index in [0.29, 0.717) is 18.6 Å². The Bertz CT molecular complexity index is 317. The van der Waals surface area contributed by atoms with Crippen molar-refractivity contribution >= 4 is 5.97 Å². The van der Waals surface area contributed by atoms with Crippen LogP contribution in [0.5, 0.6) is 0 Å². The molecule has 0 aliphatic carbocycles. The van der Waals surface area contributed by atoms with Gasteiger partial charge in [-0.25, -0.2) is 0 Å². The Labute approximate surface area is 118 Å². The standard InChI is InChI=1S/C16H29NO2/c1-6-8-9-11-14-13(10-7-2)17(14)12-15(18)19-16(3,4)5/h7,10,13-14H,6,8-9,11-12H2,1-5H3/b10-7-/t13-,14-,17?/m1/s1. The lowest BCUT2D eigenvalue weighted by Gasteiger charge is -2.19. The zero-order valence-corrected chi connectivity index (χ0v) is 13.1. The van der Waals surface area contributed by atoms with Gasteiger partial charge in [0.25, 0.3) is 0 Å². The van der Waals surface area contributed by atoms with Crippen LogP contribution in [0.25, 0.3) is 0 Å². The van der Waals surface area contributed by atoms with Crippen molar-refractivity contribution in [2.75, 3.05) is 6.54 Å². The van der Waals surface area contributed by atoms with E-state index in [0.717, 1.165) is 0 Å². The van der Waals surface area contributed by atoms with Crippen molar-refractivity contribution in [2.24, 2.45) is 0 Å². The fraction of sp³-hybridized carbons (Fsp3) is 0.812. The van der Waals surface area contributed by atoms with Gasteiger partial charge in [0, 0.05) is 12.1 Å². The molecule has 3 heteroatoms. The van der Waals surface area contributed by atoms with Crippen molar-refractivity contribution in [3.8, 4) is 0 Å². The molecule has 0 spiro atoms. The minimum absolute atomic E-state index is 0.111. The fourth-order valence-electron chi connectivity index (χ4n) is 2.48. The number of carbonyl (C=O) groups excluding carboxylic acids is 1. The van der Waals surface area contributed by atoms with Crippen molar-refractivity contribution < 1.29 is 9.53 Å². The van der Waals surface area contributed by atoms with Gasteiger partial charge in [-0.15, -0.1) is 0 Å². The second-order valence-corrected chi connectivity index (χ2v) is 6.34. The van der Waals surface area contributed by atoms with Gasteiger partial charge in [-0.3, -0.25) is 9.69 Å². The van der Waals surface area contributed by atoms with Gasteiger partial charge in [-0.1, -0.05) is 38.3 Å². The van der Waals surface area contributed by atoms with Crippen LogP contribution in [0.3, 0.4) is 0 Å². The molecule has 3 nitrogen and oxygen atoms in total. The van der Waals surface area contributed by atoms with Gasteiger partial charge in [-0.2, -0.15) is 0 Å². The number of esters is 1. The molecule has 1 heterocycles. The number of rotatable bonds is 7. The molecule has 19 heavy (non-hydrogen) atoms.